The molecule has 0 saturated carbocycles. The van der Waals surface area contributed by atoms with Crippen LogP contribution in [0.5, 0.6) is 11.5 Å². The molecule has 1 aromatic carbocycles. The van der Waals surface area contributed by atoms with Crippen molar-refractivity contribution in [3.63, 3.8) is 0 Å². The molecule has 1 amide bonds. The molecule has 0 saturated heterocycles. The minimum Gasteiger partial charge on any atom is -0.493 e. The zero-order valence-electron chi connectivity index (χ0n) is 13.9. The number of aliphatic imine (C=N–C) groups is 1. The predicted molar refractivity (Wildman–Crippen MR) is 103 cm³/mol. The number of carbonyl (C=O) groups excluding carboxylic acids is 1. The summed E-state index contributed by atoms with van der Waals surface area (Å²) in [7, 11) is 3.13. The molecule has 23 heavy (non-hydrogen) atoms. The van der Waals surface area contributed by atoms with Crippen molar-refractivity contribution < 1.29 is 14.3 Å². The molecule has 4 N–H and O–H groups in total. The van der Waals surface area contributed by atoms with Gasteiger partial charge >= 0.3 is 0 Å². The van der Waals surface area contributed by atoms with Crippen molar-refractivity contribution in [1.29, 1.82) is 0 Å². The number of amides is 1. The largest absolute Gasteiger partial charge is 0.493 e. The third kappa shape index (κ3) is 7.91. The second-order valence-electron chi connectivity index (χ2n) is 4.93. The van der Waals surface area contributed by atoms with Crippen LogP contribution in [0.2, 0.25) is 0 Å². The number of halogens is 1. The van der Waals surface area contributed by atoms with E-state index in [1.807, 2.05) is 13.8 Å². The molecule has 0 aromatic heterocycles. The Hall–Kier alpha value is -1.71. The van der Waals surface area contributed by atoms with Crippen LogP contribution in [0.1, 0.15) is 20.3 Å². The van der Waals surface area contributed by atoms with E-state index in [4.69, 9.17) is 15.2 Å². The lowest BCUT2D eigenvalue weighted by atomic mass is 10.3. The summed E-state index contributed by atoms with van der Waals surface area (Å²) in [5, 5.41) is 5.74. The molecule has 0 spiro atoms. The van der Waals surface area contributed by atoms with Gasteiger partial charge in [0.05, 0.1) is 20.8 Å². The van der Waals surface area contributed by atoms with Gasteiger partial charge in [-0.25, -0.2) is 0 Å². The summed E-state index contributed by atoms with van der Waals surface area (Å²) in [5.74, 6) is 1.42. The molecule has 7 nitrogen and oxygen atoms in total. The molecule has 0 aliphatic rings. The lowest BCUT2D eigenvalue weighted by Crippen LogP contribution is -2.30. The summed E-state index contributed by atoms with van der Waals surface area (Å²) in [6, 6.07) is 5.45. The normalized spacial score (nSPS) is 10.7. The summed E-state index contributed by atoms with van der Waals surface area (Å²) >= 11 is 0. The number of nitrogens with two attached hydrogens (primary N) is 1. The fraction of sp³-hybridized carbons (Fsp3) is 0.467. The fourth-order valence-corrected chi connectivity index (χ4v) is 1.77. The van der Waals surface area contributed by atoms with Gasteiger partial charge in [0.1, 0.15) is 0 Å². The van der Waals surface area contributed by atoms with E-state index in [-0.39, 0.29) is 41.9 Å². The Morgan fingerprint density at radius 1 is 1.26 bits per heavy atom. The zero-order valence-corrected chi connectivity index (χ0v) is 16.2. The Morgan fingerprint density at radius 3 is 2.48 bits per heavy atom. The van der Waals surface area contributed by atoms with E-state index in [1.54, 1.807) is 32.4 Å². The highest BCUT2D eigenvalue weighted by Gasteiger charge is 2.05. The van der Waals surface area contributed by atoms with E-state index in [2.05, 4.69) is 15.6 Å². The first kappa shape index (κ1) is 21.3. The standard InChI is InChI=1S/C15H24N4O3.HI/c1-10(2)18-14(20)7-8-17-15(16)19-11-5-6-12(21-3)13(9-11)22-4;/h5-6,9-10H,7-8H2,1-4H3,(H,18,20)(H3,16,17,19);1H. The first-order chi connectivity index (χ1) is 10.5. The van der Waals surface area contributed by atoms with Crippen molar-refractivity contribution in [3.05, 3.63) is 18.2 Å². The molecule has 0 fully saturated rings. The Balaban J connectivity index is 0.00000484. The number of nitrogens with one attached hydrogen (secondary N) is 2. The van der Waals surface area contributed by atoms with Gasteiger partial charge in [-0.1, -0.05) is 0 Å². The van der Waals surface area contributed by atoms with E-state index < -0.39 is 0 Å². The third-order valence-electron chi connectivity index (χ3n) is 2.73. The summed E-state index contributed by atoms with van der Waals surface area (Å²) in [6.45, 7) is 4.15. The minimum absolute atomic E-state index is 0. The van der Waals surface area contributed by atoms with E-state index >= 15 is 0 Å². The molecule has 0 unspecified atom stereocenters. The van der Waals surface area contributed by atoms with Crippen LogP contribution in [-0.2, 0) is 4.79 Å². The molecule has 0 radical (unpaired) electrons. The molecule has 0 atom stereocenters. The average molecular weight is 436 g/mol. The minimum atomic E-state index is -0.0438. The van der Waals surface area contributed by atoms with E-state index in [1.165, 1.54) is 0 Å². The van der Waals surface area contributed by atoms with E-state index in [0.29, 0.717) is 24.5 Å². The van der Waals surface area contributed by atoms with Gasteiger partial charge in [-0.2, -0.15) is 0 Å². The highest BCUT2D eigenvalue weighted by molar-refractivity contribution is 14.0. The first-order valence-corrected chi connectivity index (χ1v) is 7.04. The van der Waals surface area contributed by atoms with E-state index in [9.17, 15) is 4.79 Å². The average Bonchev–Trinajstić information content (AvgIpc) is 2.46. The van der Waals surface area contributed by atoms with Crippen molar-refractivity contribution >= 4 is 41.5 Å². The number of ether oxygens (including phenoxy) is 2. The second-order valence-corrected chi connectivity index (χ2v) is 4.93. The number of carbonyl (C=O) groups is 1. The number of rotatable bonds is 7. The van der Waals surface area contributed by atoms with Gasteiger partial charge in [-0.3, -0.25) is 9.79 Å². The van der Waals surface area contributed by atoms with Gasteiger partial charge in [-0.15, -0.1) is 24.0 Å². The topological polar surface area (TPSA) is 98.0 Å². The quantitative estimate of drug-likeness (QED) is 0.345. The SMILES string of the molecule is COc1ccc(NC(N)=NCCC(=O)NC(C)C)cc1OC.I. The van der Waals surface area contributed by atoms with Gasteiger partial charge in [0.25, 0.3) is 0 Å². The molecule has 1 aromatic rings. The van der Waals surface area contributed by atoms with Crippen LogP contribution in [0.25, 0.3) is 0 Å². The Labute approximate surface area is 154 Å². The summed E-state index contributed by atoms with van der Waals surface area (Å²) in [6.07, 6.45) is 0.298. The number of methoxy groups -OCH3 is 2. The molecule has 1 rings (SSSR count). The number of hydrogen-bond acceptors (Lipinski definition) is 4. The number of anilines is 1. The monoisotopic (exact) mass is 436 g/mol. The maximum absolute atomic E-state index is 11.5. The van der Waals surface area contributed by atoms with Gasteiger partial charge in [0.2, 0.25) is 5.91 Å². The van der Waals surface area contributed by atoms with Crippen LogP contribution < -0.4 is 25.8 Å². The van der Waals surface area contributed by atoms with Gasteiger partial charge in [0, 0.05) is 24.2 Å². The predicted octanol–water partition coefficient (Wildman–Crippen LogP) is 1.96. The molecule has 130 valence electrons. The van der Waals surface area contributed by atoms with Crippen molar-refractivity contribution in [2.45, 2.75) is 26.3 Å². The van der Waals surface area contributed by atoms with Crippen LogP contribution in [0.15, 0.2) is 23.2 Å². The van der Waals surface area contributed by atoms with Crippen LogP contribution in [-0.4, -0.2) is 38.7 Å². The Kier molecular flexibility index (Phi) is 10.1. The molecule has 0 heterocycles. The smallest absolute Gasteiger partial charge is 0.222 e. The van der Waals surface area contributed by atoms with Crippen LogP contribution >= 0.6 is 24.0 Å². The summed E-state index contributed by atoms with van der Waals surface area (Å²) < 4.78 is 10.4. The van der Waals surface area contributed by atoms with Gasteiger partial charge in [0.15, 0.2) is 17.5 Å². The highest BCUT2D eigenvalue weighted by atomic mass is 127. The summed E-state index contributed by atoms with van der Waals surface area (Å²) in [5.41, 5.74) is 6.52. The number of hydrogen-bond donors (Lipinski definition) is 3. The van der Waals surface area contributed by atoms with E-state index in [0.717, 1.165) is 5.69 Å². The Bertz CT molecular complexity index is 535. The molecule has 0 aliphatic carbocycles. The highest BCUT2D eigenvalue weighted by Crippen LogP contribution is 2.29. The summed E-state index contributed by atoms with van der Waals surface area (Å²) in [4.78, 5) is 15.6. The number of benzene rings is 1. The van der Waals surface area contributed by atoms with Gasteiger partial charge in [-0.05, 0) is 26.0 Å². The maximum Gasteiger partial charge on any atom is 0.222 e. The van der Waals surface area contributed by atoms with Crippen molar-refractivity contribution in [1.82, 2.24) is 5.32 Å². The van der Waals surface area contributed by atoms with Crippen molar-refractivity contribution in [2.24, 2.45) is 10.7 Å². The lowest BCUT2D eigenvalue weighted by molar-refractivity contribution is -0.121. The molecule has 0 bridgehead atoms. The number of guanidine groups is 1. The van der Waals surface area contributed by atoms with Crippen LogP contribution in [0.3, 0.4) is 0 Å². The first-order valence-electron chi connectivity index (χ1n) is 7.04. The zero-order chi connectivity index (χ0) is 16.5. The van der Waals surface area contributed by atoms with Gasteiger partial charge < -0.3 is 25.8 Å². The molecule has 0 aliphatic heterocycles. The lowest BCUT2D eigenvalue weighted by Gasteiger charge is -2.11. The van der Waals surface area contributed by atoms with Crippen molar-refractivity contribution in [3.8, 4) is 11.5 Å². The van der Waals surface area contributed by atoms with Crippen molar-refractivity contribution in [2.75, 3.05) is 26.1 Å². The molecular formula is C15H25IN4O3. The van der Waals surface area contributed by atoms with Crippen LogP contribution in [0, 0.1) is 0 Å². The third-order valence-corrected chi connectivity index (χ3v) is 2.73. The number of nitrogens with zero attached hydrogens (tertiary/aromatic N) is 1. The Morgan fingerprint density at radius 2 is 1.91 bits per heavy atom. The molecule has 8 heteroatoms. The maximum atomic E-state index is 11.5. The molecular weight excluding hydrogens is 411 g/mol. The fourth-order valence-electron chi connectivity index (χ4n) is 1.77. The van der Waals surface area contributed by atoms with Crippen LogP contribution in [0.4, 0.5) is 5.69 Å². The second kappa shape index (κ2) is 10.9.